The Balaban J connectivity index is 1.91. The monoisotopic (exact) mass is 369 g/mol. The van der Waals surface area contributed by atoms with Crippen molar-refractivity contribution in [1.29, 1.82) is 0 Å². The zero-order chi connectivity index (χ0) is 18.8. The molecule has 0 fully saturated rings. The molecule has 6 heteroatoms. The average molecular weight is 369 g/mol. The fourth-order valence-electron chi connectivity index (χ4n) is 3.11. The van der Waals surface area contributed by atoms with Crippen molar-refractivity contribution in [3.8, 4) is 5.75 Å². The lowest BCUT2D eigenvalue weighted by Crippen LogP contribution is -2.26. The van der Waals surface area contributed by atoms with Crippen LogP contribution in [0.3, 0.4) is 0 Å². The minimum Gasteiger partial charge on any atom is -0.494 e. The van der Waals surface area contributed by atoms with Crippen LogP contribution < -0.4 is 4.74 Å². The fourth-order valence-corrected chi connectivity index (χ4v) is 4.38. The SMILES string of the molecule is CCOc1ccccc1CN(C)C(=O)c1sc2nc(C)nc(C)c2c1C. The molecular formula is C20H23N3O2S. The van der Waals surface area contributed by atoms with Gasteiger partial charge in [0.25, 0.3) is 5.91 Å². The molecule has 0 unspecified atom stereocenters. The van der Waals surface area contributed by atoms with Crippen molar-refractivity contribution in [3.63, 3.8) is 0 Å². The van der Waals surface area contributed by atoms with Crippen LogP contribution in [-0.4, -0.2) is 34.4 Å². The molecule has 2 aromatic heterocycles. The van der Waals surface area contributed by atoms with E-state index >= 15 is 0 Å². The third kappa shape index (κ3) is 3.42. The van der Waals surface area contributed by atoms with Crippen molar-refractivity contribution in [2.75, 3.05) is 13.7 Å². The van der Waals surface area contributed by atoms with Crippen LogP contribution in [0.2, 0.25) is 0 Å². The van der Waals surface area contributed by atoms with E-state index in [4.69, 9.17) is 4.74 Å². The van der Waals surface area contributed by atoms with Gasteiger partial charge in [-0.15, -0.1) is 11.3 Å². The molecule has 0 saturated heterocycles. The molecule has 0 atom stereocenters. The van der Waals surface area contributed by atoms with Crippen molar-refractivity contribution in [3.05, 3.63) is 51.8 Å². The zero-order valence-corrected chi connectivity index (χ0v) is 16.6. The molecule has 0 aliphatic carbocycles. The number of aromatic nitrogens is 2. The van der Waals surface area contributed by atoms with Gasteiger partial charge in [-0.1, -0.05) is 18.2 Å². The summed E-state index contributed by atoms with van der Waals surface area (Å²) in [5.74, 6) is 1.54. The number of ether oxygens (including phenoxy) is 1. The van der Waals surface area contributed by atoms with Gasteiger partial charge in [0.15, 0.2) is 0 Å². The summed E-state index contributed by atoms with van der Waals surface area (Å²) in [5.41, 5.74) is 2.87. The molecule has 0 aliphatic heterocycles. The van der Waals surface area contributed by atoms with Crippen LogP contribution in [0, 0.1) is 20.8 Å². The van der Waals surface area contributed by atoms with Crippen molar-refractivity contribution < 1.29 is 9.53 Å². The van der Waals surface area contributed by atoms with E-state index in [1.807, 2.05) is 59.0 Å². The number of hydrogen-bond donors (Lipinski definition) is 0. The summed E-state index contributed by atoms with van der Waals surface area (Å²) >= 11 is 1.44. The highest BCUT2D eigenvalue weighted by Crippen LogP contribution is 2.32. The largest absolute Gasteiger partial charge is 0.494 e. The van der Waals surface area contributed by atoms with Crippen LogP contribution in [0.5, 0.6) is 5.75 Å². The lowest BCUT2D eigenvalue weighted by Gasteiger charge is -2.19. The van der Waals surface area contributed by atoms with E-state index in [-0.39, 0.29) is 5.91 Å². The highest BCUT2D eigenvalue weighted by Gasteiger charge is 2.22. The second kappa shape index (κ2) is 7.41. The van der Waals surface area contributed by atoms with Crippen molar-refractivity contribution >= 4 is 27.5 Å². The van der Waals surface area contributed by atoms with E-state index in [0.717, 1.165) is 43.5 Å². The van der Waals surface area contributed by atoms with Crippen LogP contribution in [0.25, 0.3) is 10.2 Å². The number of nitrogens with zero attached hydrogens (tertiary/aromatic N) is 3. The number of benzene rings is 1. The molecule has 5 nitrogen and oxygen atoms in total. The molecule has 0 aliphatic rings. The summed E-state index contributed by atoms with van der Waals surface area (Å²) in [7, 11) is 1.82. The second-order valence-corrected chi connectivity index (χ2v) is 7.29. The summed E-state index contributed by atoms with van der Waals surface area (Å²) in [6.07, 6.45) is 0. The smallest absolute Gasteiger partial charge is 0.264 e. The third-order valence-electron chi connectivity index (χ3n) is 4.30. The zero-order valence-electron chi connectivity index (χ0n) is 15.8. The first-order chi connectivity index (χ1) is 12.4. The summed E-state index contributed by atoms with van der Waals surface area (Å²) in [6.45, 7) is 8.86. The Labute approximate surface area is 157 Å². The molecular weight excluding hydrogens is 346 g/mol. The number of carbonyl (C=O) groups excluding carboxylic acids is 1. The van der Waals surface area contributed by atoms with E-state index in [2.05, 4.69) is 9.97 Å². The number of para-hydroxylation sites is 1. The number of rotatable bonds is 5. The Morgan fingerprint density at radius 1 is 1.19 bits per heavy atom. The first kappa shape index (κ1) is 18.3. The highest BCUT2D eigenvalue weighted by atomic mass is 32.1. The number of fused-ring (bicyclic) bond motifs is 1. The molecule has 0 radical (unpaired) electrons. The minimum absolute atomic E-state index is 0.00569. The molecule has 1 amide bonds. The molecule has 0 spiro atoms. The average Bonchev–Trinajstić information content (AvgIpc) is 2.92. The summed E-state index contributed by atoms with van der Waals surface area (Å²) in [4.78, 5) is 25.3. The Morgan fingerprint density at radius 2 is 1.92 bits per heavy atom. The number of thiophene rings is 1. The maximum absolute atomic E-state index is 13.1. The first-order valence-corrected chi connectivity index (χ1v) is 9.44. The molecule has 26 heavy (non-hydrogen) atoms. The molecule has 0 bridgehead atoms. The molecule has 3 aromatic rings. The Bertz CT molecular complexity index is 965. The van der Waals surface area contributed by atoms with Crippen molar-refractivity contribution in [1.82, 2.24) is 14.9 Å². The van der Waals surface area contributed by atoms with E-state index < -0.39 is 0 Å². The van der Waals surface area contributed by atoms with Gasteiger partial charge in [-0.05, 0) is 39.3 Å². The van der Waals surface area contributed by atoms with Crippen LogP contribution >= 0.6 is 11.3 Å². The van der Waals surface area contributed by atoms with Gasteiger partial charge in [-0.2, -0.15) is 0 Å². The maximum Gasteiger partial charge on any atom is 0.264 e. The van der Waals surface area contributed by atoms with Crippen LogP contribution in [0.1, 0.15) is 39.2 Å². The molecule has 1 aromatic carbocycles. The van der Waals surface area contributed by atoms with E-state index in [1.54, 1.807) is 4.90 Å². The van der Waals surface area contributed by atoms with Crippen molar-refractivity contribution in [2.24, 2.45) is 0 Å². The standard InChI is InChI=1S/C20H23N3O2S/c1-6-25-16-10-8-7-9-15(16)11-23(5)20(24)18-12(2)17-13(3)21-14(4)22-19(17)26-18/h7-10H,6,11H2,1-5H3. The topological polar surface area (TPSA) is 55.3 Å². The van der Waals surface area contributed by atoms with Crippen LogP contribution in [0.15, 0.2) is 24.3 Å². The Hall–Kier alpha value is -2.47. The normalized spacial score (nSPS) is 11.0. The quantitative estimate of drug-likeness (QED) is 0.673. The number of amides is 1. The Morgan fingerprint density at radius 3 is 2.65 bits per heavy atom. The molecule has 0 saturated carbocycles. The lowest BCUT2D eigenvalue weighted by atomic mass is 10.1. The second-order valence-electron chi connectivity index (χ2n) is 6.29. The van der Waals surface area contributed by atoms with Gasteiger partial charge in [-0.25, -0.2) is 9.97 Å². The van der Waals surface area contributed by atoms with Gasteiger partial charge in [0, 0.05) is 30.2 Å². The fraction of sp³-hybridized carbons (Fsp3) is 0.350. The summed E-state index contributed by atoms with van der Waals surface area (Å²) in [6, 6.07) is 7.83. The predicted octanol–water partition coefficient (Wildman–Crippen LogP) is 4.29. The molecule has 2 heterocycles. The van der Waals surface area contributed by atoms with Crippen LogP contribution in [-0.2, 0) is 6.54 Å². The summed E-state index contributed by atoms with van der Waals surface area (Å²) < 4.78 is 5.67. The van der Waals surface area contributed by atoms with Crippen molar-refractivity contribution in [2.45, 2.75) is 34.2 Å². The van der Waals surface area contributed by atoms with Gasteiger partial charge in [0.05, 0.1) is 11.5 Å². The molecule has 0 N–H and O–H groups in total. The van der Waals surface area contributed by atoms with Gasteiger partial charge >= 0.3 is 0 Å². The number of carbonyl (C=O) groups is 1. The first-order valence-electron chi connectivity index (χ1n) is 8.62. The van der Waals surface area contributed by atoms with E-state index in [0.29, 0.717) is 13.2 Å². The number of hydrogen-bond acceptors (Lipinski definition) is 5. The van der Waals surface area contributed by atoms with E-state index in [9.17, 15) is 4.79 Å². The molecule has 136 valence electrons. The summed E-state index contributed by atoms with van der Waals surface area (Å²) in [5, 5.41) is 0.993. The highest BCUT2D eigenvalue weighted by molar-refractivity contribution is 7.20. The predicted molar refractivity (Wildman–Crippen MR) is 105 cm³/mol. The lowest BCUT2D eigenvalue weighted by molar-refractivity contribution is 0.0788. The van der Waals surface area contributed by atoms with E-state index in [1.165, 1.54) is 11.3 Å². The minimum atomic E-state index is -0.00569. The maximum atomic E-state index is 13.1. The van der Waals surface area contributed by atoms with Gasteiger partial charge in [-0.3, -0.25) is 4.79 Å². The third-order valence-corrected chi connectivity index (χ3v) is 5.48. The van der Waals surface area contributed by atoms with Gasteiger partial charge in [0.2, 0.25) is 0 Å². The van der Waals surface area contributed by atoms with Gasteiger partial charge < -0.3 is 9.64 Å². The molecule has 3 rings (SSSR count). The van der Waals surface area contributed by atoms with Gasteiger partial charge in [0.1, 0.15) is 16.4 Å². The van der Waals surface area contributed by atoms with Crippen LogP contribution in [0.4, 0.5) is 0 Å². The Kier molecular flexibility index (Phi) is 5.23. The number of aryl methyl sites for hydroxylation is 3.